The highest BCUT2D eigenvalue weighted by atomic mass is 32.2. The van der Waals surface area contributed by atoms with Crippen LogP contribution in [0.1, 0.15) is 19.4 Å². The SMILES string of the molecule is CCN(CC)S(=O)(=O)c1cc([N+](=O)[O-])ccc1N/N=C\c1ccc(N2CCOCC2)c([N+](=O)[O-])c1. The van der Waals surface area contributed by atoms with E-state index in [0.717, 1.165) is 6.07 Å². The summed E-state index contributed by atoms with van der Waals surface area (Å²) in [6.07, 6.45) is 1.31. The molecule has 1 heterocycles. The minimum absolute atomic E-state index is 0.0400. The fourth-order valence-corrected chi connectivity index (χ4v) is 5.27. The van der Waals surface area contributed by atoms with Crippen LogP contribution in [0, 0.1) is 20.2 Å². The number of morpholine rings is 1. The summed E-state index contributed by atoms with van der Waals surface area (Å²) in [5.41, 5.74) is 3.08. The van der Waals surface area contributed by atoms with Crippen LogP contribution in [0.2, 0.25) is 0 Å². The van der Waals surface area contributed by atoms with Crippen molar-refractivity contribution in [2.75, 3.05) is 49.7 Å². The molecule has 0 bridgehead atoms. The summed E-state index contributed by atoms with van der Waals surface area (Å²) in [4.78, 5) is 23.3. The molecule has 1 aliphatic heterocycles. The van der Waals surface area contributed by atoms with Gasteiger partial charge in [0.15, 0.2) is 0 Å². The Kier molecular flexibility index (Phi) is 8.32. The van der Waals surface area contributed by atoms with Crippen molar-refractivity contribution in [3.63, 3.8) is 0 Å². The summed E-state index contributed by atoms with van der Waals surface area (Å²) in [7, 11) is -4.03. The van der Waals surface area contributed by atoms with Crippen molar-refractivity contribution in [2.24, 2.45) is 5.10 Å². The van der Waals surface area contributed by atoms with Crippen LogP contribution >= 0.6 is 0 Å². The van der Waals surface area contributed by atoms with E-state index in [1.54, 1.807) is 26.0 Å². The van der Waals surface area contributed by atoms with E-state index >= 15 is 0 Å². The van der Waals surface area contributed by atoms with Crippen molar-refractivity contribution in [3.8, 4) is 0 Å². The topological polar surface area (TPSA) is 161 Å². The quantitative estimate of drug-likeness (QED) is 0.290. The fraction of sp³-hybridized carbons (Fsp3) is 0.381. The molecule has 1 saturated heterocycles. The van der Waals surface area contributed by atoms with Gasteiger partial charge < -0.3 is 9.64 Å². The van der Waals surface area contributed by atoms with Crippen LogP contribution < -0.4 is 10.3 Å². The van der Waals surface area contributed by atoms with Crippen LogP contribution in [-0.4, -0.2) is 68.2 Å². The molecule has 0 aliphatic carbocycles. The molecule has 0 unspecified atom stereocenters. The number of anilines is 2. The summed E-state index contributed by atoms with van der Waals surface area (Å²) < 4.78 is 32.6. The van der Waals surface area contributed by atoms with Gasteiger partial charge in [-0.3, -0.25) is 25.7 Å². The van der Waals surface area contributed by atoms with Crippen LogP contribution in [0.5, 0.6) is 0 Å². The number of hydrogen-bond donors (Lipinski definition) is 1. The Bertz CT molecular complexity index is 1220. The van der Waals surface area contributed by atoms with Crippen molar-refractivity contribution in [1.82, 2.24) is 4.31 Å². The summed E-state index contributed by atoms with van der Waals surface area (Å²) in [5, 5.41) is 26.9. The van der Waals surface area contributed by atoms with Gasteiger partial charge in [0.1, 0.15) is 10.6 Å². The lowest BCUT2D eigenvalue weighted by Gasteiger charge is -2.28. The first kappa shape index (κ1) is 26.0. The lowest BCUT2D eigenvalue weighted by Crippen LogP contribution is -2.36. The predicted octanol–water partition coefficient (Wildman–Crippen LogP) is 2.82. The van der Waals surface area contributed by atoms with Crippen LogP contribution in [0.4, 0.5) is 22.7 Å². The Balaban J connectivity index is 1.90. The van der Waals surface area contributed by atoms with Gasteiger partial charge in [-0.2, -0.15) is 9.41 Å². The number of nitro groups is 2. The standard InChI is InChI=1S/C21H26N6O7S/c1-3-25(4-2)35(32,33)21-14-17(26(28)29)6-7-18(21)23-22-15-16-5-8-19(20(13-16)27(30)31)24-9-11-34-12-10-24/h5-8,13-15,23H,3-4,9-12H2,1-2H3/b22-15-. The monoisotopic (exact) mass is 506 g/mol. The number of benzene rings is 2. The molecule has 0 spiro atoms. The van der Waals surface area contributed by atoms with E-state index in [2.05, 4.69) is 10.5 Å². The third kappa shape index (κ3) is 5.90. The molecule has 13 nitrogen and oxygen atoms in total. The van der Waals surface area contributed by atoms with Crippen molar-refractivity contribution < 1.29 is 23.0 Å². The average Bonchev–Trinajstić information content (AvgIpc) is 2.85. The van der Waals surface area contributed by atoms with Gasteiger partial charge in [0.25, 0.3) is 11.4 Å². The molecule has 0 aromatic heterocycles. The number of ether oxygens (including phenoxy) is 1. The number of nitrogens with zero attached hydrogens (tertiary/aromatic N) is 5. The van der Waals surface area contributed by atoms with Crippen LogP contribution in [0.25, 0.3) is 0 Å². The molecule has 3 rings (SSSR count). The van der Waals surface area contributed by atoms with Crippen LogP contribution in [0.3, 0.4) is 0 Å². The fourth-order valence-electron chi connectivity index (χ4n) is 3.65. The summed E-state index contributed by atoms with van der Waals surface area (Å²) >= 11 is 0. The van der Waals surface area contributed by atoms with Gasteiger partial charge in [0.05, 0.1) is 35.0 Å². The third-order valence-corrected chi connectivity index (χ3v) is 7.54. The summed E-state index contributed by atoms with van der Waals surface area (Å²) in [6, 6.07) is 8.07. The first-order chi connectivity index (χ1) is 16.7. The van der Waals surface area contributed by atoms with Gasteiger partial charge in [-0.25, -0.2) is 8.42 Å². The summed E-state index contributed by atoms with van der Waals surface area (Å²) in [5.74, 6) is 0. The Morgan fingerprint density at radius 2 is 1.77 bits per heavy atom. The van der Waals surface area contributed by atoms with Gasteiger partial charge in [0, 0.05) is 49.9 Å². The third-order valence-electron chi connectivity index (χ3n) is 5.45. The molecule has 35 heavy (non-hydrogen) atoms. The molecular weight excluding hydrogens is 480 g/mol. The molecule has 0 amide bonds. The molecule has 2 aromatic carbocycles. The highest BCUT2D eigenvalue weighted by Gasteiger charge is 2.27. The maximum absolute atomic E-state index is 13.1. The van der Waals surface area contributed by atoms with E-state index in [4.69, 9.17) is 4.74 Å². The second-order valence-corrected chi connectivity index (χ2v) is 9.41. The second-order valence-electron chi connectivity index (χ2n) is 7.50. The van der Waals surface area contributed by atoms with Gasteiger partial charge in [-0.05, 0) is 12.1 Å². The average molecular weight is 507 g/mol. The zero-order valence-electron chi connectivity index (χ0n) is 19.3. The predicted molar refractivity (Wildman–Crippen MR) is 131 cm³/mol. The number of sulfonamides is 1. The molecule has 0 saturated carbocycles. The number of nitro benzene ring substituents is 2. The van der Waals surface area contributed by atoms with E-state index in [9.17, 15) is 28.6 Å². The van der Waals surface area contributed by atoms with Gasteiger partial charge in [-0.1, -0.05) is 19.9 Å². The van der Waals surface area contributed by atoms with Crippen molar-refractivity contribution in [3.05, 3.63) is 62.2 Å². The first-order valence-electron chi connectivity index (χ1n) is 10.9. The van der Waals surface area contributed by atoms with Crippen molar-refractivity contribution >= 4 is 39.0 Å². The van der Waals surface area contributed by atoms with Crippen molar-refractivity contribution in [2.45, 2.75) is 18.7 Å². The lowest BCUT2D eigenvalue weighted by molar-refractivity contribution is -0.385. The summed E-state index contributed by atoms with van der Waals surface area (Å²) in [6.45, 7) is 5.75. The second kappa shape index (κ2) is 11.2. The Morgan fingerprint density at radius 3 is 2.37 bits per heavy atom. The normalized spacial score (nSPS) is 14.4. The molecular formula is C21H26N6O7S. The maximum atomic E-state index is 13.1. The highest BCUT2D eigenvalue weighted by molar-refractivity contribution is 7.89. The van der Waals surface area contributed by atoms with Crippen LogP contribution in [-0.2, 0) is 14.8 Å². The lowest BCUT2D eigenvalue weighted by atomic mass is 10.1. The largest absolute Gasteiger partial charge is 0.378 e. The maximum Gasteiger partial charge on any atom is 0.293 e. The zero-order valence-corrected chi connectivity index (χ0v) is 20.1. The number of hydrogen-bond acceptors (Lipinski definition) is 10. The highest BCUT2D eigenvalue weighted by Crippen LogP contribution is 2.31. The van der Waals surface area contributed by atoms with Gasteiger partial charge in [-0.15, -0.1) is 0 Å². The number of nitrogens with one attached hydrogen (secondary N) is 1. The van der Waals surface area contributed by atoms with E-state index in [-0.39, 0.29) is 35.0 Å². The Labute approximate surface area is 202 Å². The van der Waals surface area contributed by atoms with Gasteiger partial charge >= 0.3 is 0 Å². The molecule has 1 fully saturated rings. The minimum atomic E-state index is -4.03. The number of rotatable bonds is 10. The molecule has 1 N–H and O–H groups in total. The minimum Gasteiger partial charge on any atom is -0.378 e. The van der Waals surface area contributed by atoms with E-state index < -0.39 is 19.9 Å². The van der Waals surface area contributed by atoms with Gasteiger partial charge in [0.2, 0.25) is 10.0 Å². The van der Waals surface area contributed by atoms with Crippen LogP contribution in [0.15, 0.2) is 46.4 Å². The first-order valence-corrected chi connectivity index (χ1v) is 12.3. The molecule has 14 heteroatoms. The number of non-ortho nitro benzene ring substituents is 1. The zero-order chi connectivity index (χ0) is 25.6. The van der Waals surface area contributed by atoms with E-state index in [1.165, 1.54) is 28.7 Å². The molecule has 0 radical (unpaired) electrons. The van der Waals surface area contributed by atoms with Crippen molar-refractivity contribution in [1.29, 1.82) is 0 Å². The van der Waals surface area contributed by atoms with E-state index in [1.807, 2.05) is 4.90 Å². The Hall–Kier alpha value is -3.62. The smallest absolute Gasteiger partial charge is 0.293 e. The molecule has 188 valence electrons. The number of hydrazone groups is 1. The molecule has 1 aliphatic rings. The Morgan fingerprint density at radius 1 is 1.09 bits per heavy atom. The van der Waals surface area contributed by atoms with E-state index in [0.29, 0.717) is 37.6 Å². The molecule has 2 aromatic rings. The molecule has 0 atom stereocenters.